The molecule has 0 saturated carbocycles. The molecule has 0 amide bonds. The van der Waals surface area contributed by atoms with Gasteiger partial charge >= 0.3 is 0 Å². The van der Waals surface area contributed by atoms with E-state index >= 15 is 0 Å². The minimum Gasteiger partial charge on any atom is -0.300 e. The summed E-state index contributed by atoms with van der Waals surface area (Å²) in [6.07, 6.45) is 0.747. The minimum atomic E-state index is -3.91. The molecule has 1 heterocycles. The molecule has 2 aromatic carbocycles. The highest BCUT2D eigenvalue weighted by Crippen LogP contribution is 2.26. The molecule has 1 aliphatic rings. The van der Waals surface area contributed by atoms with Gasteiger partial charge in [0, 0.05) is 38.8 Å². The van der Waals surface area contributed by atoms with Crippen molar-refractivity contribution < 1.29 is 17.7 Å². The van der Waals surface area contributed by atoms with Crippen LogP contribution in [0.25, 0.3) is 0 Å². The number of benzene rings is 2. The summed E-state index contributed by atoms with van der Waals surface area (Å²) >= 11 is 0. The first-order chi connectivity index (χ1) is 12.9. The van der Waals surface area contributed by atoms with Gasteiger partial charge in [-0.3, -0.25) is 10.1 Å². The molecule has 3 rings (SSSR count). The van der Waals surface area contributed by atoms with E-state index in [2.05, 4.69) is 4.90 Å². The Morgan fingerprint density at radius 3 is 2.26 bits per heavy atom. The number of sulfonamides is 1. The van der Waals surface area contributed by atoms with Crippen LogP contribution in [-0.4, -0.2) is 55.3 Å². The van der Waals surface area contributed by atoms with E-state index in [1.165, 1.54) is 40.7 Å². The van der Waals surface area contributed by atoms with E-state index in [1.54, 1.807) is 12.1 Å². The second kappa shape index (κ2) is 8.12. The first-order valence-electron chi connectivity index (χ1n) is 8.58. The fourth-order valence-electron chi connectivity index (χ4n) is 3.10. The van der Waals surface area contributed by atoms with E-state index in [-0.39, 0.29) is 23.8 Å². The first kappa shape index (κ1) is 19.4. The SMILES string of the molecule is O=[N+]([O-])c1ccccc1S(=O)(=O)N1CCN(CCc2ccc(F)cc2)CC1. The maximum Gasteiger partial charge on any atom is 0.289 e. The molecule has 0 bridgehead atoms. The average Bonchev–Trinajstić information content (AvgIpc) is 2.68. The molecule has 7 nitrogen and oxygen atoms in total. The summed E-state index contributed by atoms with van der Waals surface area (Å²) in [5.41, 5.74) is 0.614. The van der Waals surface area contributed by atoms with Crippen molar-refractivity contribution in [1.29, 1.82) is 0 Å². The van der Waals surface area contributed by atoms with E-state index in [9.17, 15) is 22.9 Å². The molecule has 0 aliphatic carbocycles. The van der Waals surface area contributed by atoms with Gasteiger partial charge in [0.1, 0.15) is 5.82 Å². The van der Waals surface area contributed by atoms with Crippen molar-refractivity contribution in [1.82, 2.24) is 9.21 Å². The molecule has 0 atom stereocenters. The number of halogens is 1. The number of rotatable bonds is 6. The predicted octanol–water partition coefficient (Wildman–Crippen LogP) is 2.28. The molecular formula is C18H20FN3O4S. The van der Waals surface area contributed by atoms with Crippen LogP contribution in [0.2, 0.25) is 0 Å². The van der Waals surface area contributed by atoms with Crippen molar-refractivity contribution in [2.45, 2.75) is 11.3 Å². The maximum atomic E-state index is 12.9. The monoisotopic (exact) mass is 393 g/mol. The number of piperazine rings is 1. The molecule has 27 heavy (non-hydrogen) atoms. The number of para-hydroxylation sites is 1. The van der Waals surface area contributed by atoms with Crippen LogP contribution >= 0.6 is 0 Å². The molecule has 0 spiro atoms. The van der Waals surface area contributed by atoms with E-state index in [0.29, 0.717) is 13.1 Å². The van der Waals surface area contributed by atoms with Crippen molar-refractivity contribution in [3.8, 4) is 0 Å². The van der Waals surface area contributed by atoms with Crippen molar-refractivity contribution >= 4 is 15.7 Å². The second-order valence-corrected chi connectivity index (χ2v) is 8.25. The third kappa shape index (κ3) is 4.49. The molecule has 1 saturated heterocycles. The molecule has 0 unspecified atom stereocenters. The Labute approximate surface area is 157 Å². The Balaban J connectivity index is 1.61. The first-order valence-corrected chi connectivity index (χ1v) is 10.0. The number of hydrogen-bond acceptors (Lipinski definition) is 5. The molecule has 2 aromatic rings. The summed E-state index contributed by atoms with van der Waals surface area (Å²) < 4.78 is 39.8. The van der Waals surface area contributed by atoms with Crippen molar-refractivity contribution in [3.05, 3.63) is 70.0 Å². The third-order valence-electron chi connectivity index (χ3n) is 4.64. The summed E-state index contributed by atoms with van der Waals surface area (Å²) in [7, 11) is -3.91. The van der Waals surface area contributed by atoms with E-state index in [4.69, 9.17) is 0 Å². The molecule has 0 radical (unpaired) electrons. The highest BCUT2D eigenvalue weighted by atomic mass is 32.2. The van der Waals surface area contributed by atoms with Gasteiger partial charge in [-0.1, -0.05) is 24.3 Å². The van der Waals surface area contributed by atoms with E-state index < -0.39 is 20.6 Å². The van der Waals surface area contributed by atoms with Crippen LogP contribution in [0, 0.1) is 15.9 Å². The quantitative estimate of drug-likeness (QED) is 0.555. The Hall–Kier alpha value is -2.36. The Kier molecular flexibility index (Phi) is 5.83. The maximum absolute atomic E-state index is 12.9. The zero-order chi connectivity index (χ0) is 19.4. The molecule has 0 aromatic heterocycles. The van der Waals surface area contributed by atoms with Crippen LogP contribution < -0.4 is 0 Å². The Bertz CT molecular complexity index is 910. The molecule has 0 N–H and O–H groups in total. The predicted molar refractivity (Wildman–Crippen MR) is 98.4 cm³/mol. The lowest BCUT2D eigenvalue weighted by atomic mass is 10.1. The highest BCUT2D eigenvalue weighted by molar-refractivity contribution is 7.89. The van der Waals surface area contributed by atoms with Gasteiger partial charge in [0.25, 0.3) is 5.69 Å². The van der Waals surface area contributed by atoms with Gasteiger partial charge in [0.05, 0.1) is 4.92 Å². The van der Waals surface area contributed by atoms with Gasteiger partial charge in [-0.25, -0.2) is 12.8 Å². The summed E-state index contributed by atoms with van der Waals surface area (Å²) in [6, 6.07) is 11.7. The molecule has 9 heteroatoms. The topological polar surface area (TPSA) is 83.8 Å². The van der Waals surface area contributed by atoms with Crippen molar-refractivity contribution in [3.63, 3.8) is 0 Å². The van der Waals surface area contributed by atoms with Crippen molar-refractivity contribution in [2.24, 2.45) is 0 Å². The number of nitro benzene ring substituents is 1. The Morgan fingerprint density at radius 1 is 1.00 bits per heavy atom. The number of nitrogens with zero attached hydrogens (tertiary/aromatic N) is 3. The Morgan fingerprint density at radius 2 is 1.63 bits per heavy atom. The van der Waals surface area contributed by atoms with Crippen LogP contribution in [0.15, 0.2) is 53.4 Å². The lowest BCUT2D eigenvalue weighted by molar-refractivity contribution is -0.387. The third-order valence-corrected chi connectivity index (χ3v) is 6.59. The zero-order valence-corrected chi connectivity index (χ0v) is 15.4. The van der Waals surface area contributed by atoms with Crippen LogP contribution in [-0.2, 0) is 16.4 Å². The van der Waals surface area contributed by atoms with Crippen LogP contribution in [0.3, 0.4) is 0 Å². The molecule has 1 fully saturated rings. The summed E-state index contributed by atoms with van der Waals surface area (Å²) in [4.78, 5) is 12.3. The van der Waals surface area contributed by atoms with E-state index in [0.717, 1.165) is 18.5 Å². The van der Waals surface area contributed by atoms with Gasteiger partial charge in [-0.15, -0.1) is 0 Å². The summed E-state index contributed by atoms with van der Waals surface area (Å²) in [6.45, 7) is 2.38. The van der Waals surface area contributed by atoms with Crippen LogP contribution in [0.4, 0.5) is 10.1 Å². The standard InChI is InChI=1S/C18H20FN3O4S/c19-16-7-5-15(6-8-16)9-10-20-11-13-21(14-12-20)27(25,26)18-4-2-1-3-17(18)22(23)24/h1-8H,9-14H2. The smallest absolute Gasteiger partial charge is 0.289 e. The molecular weight excluding hydrogens is 373 g/mol. The van der Waals surface area contributed by atoms with Gasteiger partial charge < -0.3 is 4.90 Å². The minimum absolute atomic E-state index is 0.269. The van der Waals surface area contributed by atoms with Gasteiger partial charge in [0.2, 0.25) is 10.0 Å². The van der Waals surface area contributed by atoms with Crippen LogP contribution in [0.1, 0.15) is 5.56 Å². The van der Waals surface area contributed by atoms with Gasteiger partial charge in [-0.2, -0.15) is 4.31 Å². The van der Waals surface area contributed by atoms with Gasteiger partial charge in [-0.05, 0) is 30.2 Å². The fourth-order valence-corrected chi connectivity index (χ4v) is 4.68. The highest BCUT2D eigenvalue weighted by Gasteiger charge is 2.33. The average molecular weight is 393 g/mol. The lowest BCUT2D eigenvalue weighted by Crippen LogP contribution is -2.49. The number of nitro groups is 1. The van der Waals surface area contributed by atoms with Crippen LogP contribution in [0.5, 0.6) is 0 Å². The largest absolute Gasteiger partial charge is 0.300 e. The summed E-state index contributed by atoms with van der Waals surface area (Å²) in [5.74, 6) is -0.271. The van der Waals surface area contributed by atoms with Crippen molar-refractivity contribution in [2.75, 3.05) is 32.7 Å². The lowest BCUT2D eigenvalue weighted by Gasteiger charge is -2.33. The molecule has 144 valence electrons. The van der Waals surface area contributed by atoms with E-state index in [1.807, 2.05) is 0 Å². The summed E-state index contributed by atoms with van der Waals surface area (Å²) in [5, 5.41) is 11.1. The van der Waals surface area contributed by atoms with Gasteiger partial charge in [0.15, 0.2) is 4.90 Å². The second-order valence-electron chi connectivity index (χ2n) is 6.35. The zero-order valence-electron chi connectivity index (χ0n) is 14.6. The number of hydrogen-bond donors (Lipinski definition) is 0. The fraction of sp³-hybridized carbons (Fsp3) is 0.333. The molecule has 1 aliphatic heterocycles. The normalized spacial score (nSPS) is 16.3.